The molecule has 0 saturated carbocycles. The number of hydrogen-bond donors (Lipinski definition) is 1. The number of thiol groups is 1. The van der Waals surface area contributed by atoms with Crippen LogP contribution in [0.4, 0.5) is 0 Å². The van der Waals surface area contributed by atoms with E-state index in [1.807, 2.05) is 0 Å². The van der Waals surface area contributed by atoms with Crippen LogP contribution in [-0.2, 0) is 0 Å². The molecule has 1 aliphatic rings. The number of rotatable bonds is 12. The van der Waals surface area contributed by atoms with E-state index in [0.717, 1.165) is 5.92 Å². The number of unbranched alkanes of at least 4 members (excludes halogenated alkanes) is 1. The molecule has 1 heteroatoms. The first-order chi connectivity index (χ1) is 12.8. The van der Waals surface area contributed by atoms with E-state index in [2.05, 4.69) is 65.8 Å². The highest BCUT2D eigenvalue weighted by molar-refractivity contribution is 7.81. The van der Waals surface area contributed by atoms with Crippen LogP contribution in [0.1, 0.15) is 99.3 Å². The van der Waals surface area contributed by atoms with Crippen molar-refractivity contribution < 1.29 is 0 Å². The molecule has 27 heavy (non-hydrogen) atoms. The first kappa shape index (κ1) is 24.3. The molecule has 0 fully saturated rings. The Bertz CT molecular complexity index is 547. The molecule has 3 atom stereocenters. The van der Waals surface area contributed by atoms with Crippen LogP contribution >= 0.6 is 12.6 Å². The lowest BCUT2D eigenvalue weighted by atomic mass is 9.85. The third-order valence-electron chi connectivity index (χ3n) is 6.13. The third kappa shape index (κ3) is 9.88. The highest BCUT2D eigenvalue weighted by atomic mass is 32.1. The molecular weight excluding hydrogens is 344 g/mol. The molecule has 0 amide bonds. The van der Waals surface area contributed by atoms with Gasteiger partial charge in [0.1, 0.15) is 0 Å². The maximum atomic E-state index is 4.85. The van der Waals surface area contributed by atoms with Crippen molar-refractivity contribution in [2.24, 2.45) is 11.8 Å². The molecule has 154 valence electrons. The van der Waals surface area contributed by atoms with E-state index in [4.69, 9.17) is 12.6 Å². The van der Waals surface area contributed by atoms with Crippen LogP contribution in [0.15, 0.2) is 46.6 Å². The van der Waals surface area contributed by atoms with Crippen molar-refractivity contribution >= 4 is 12.6 Å². The van der Waals surface area contributed by atoms with Gasteiger partial charge in [0.25, 0.3) is 0 Å². The summed E-state index contributed by atoms with van der Waals surface area (Å²) in [6.07, 6.45) is 20.8. The second kappa shape index (κ2) is 13.5. The largest absolute Gasteiger partial charge is 0.171 e. The second-order valence-electron chi connectivity index (χ2n) is 8.85. The monoisotopic (exact) mass is 388 g/mol. The van der Waals surface area contributed by atoms with Crippen molar-refractivity contribution in [3.05, 3.63) is 46.6 Å². The van der Waals surface area contributed by atoms with Crippen LogP contribution in [0, 0.1) is 11.8 Å². The Balaban J connectivity index is 2.24. The molecule has 0 N–H and O–H groups in total. The fraction of sp³-hybridized carbons (Fsp3) is 0.692. The van der Waals surface area contributed by atoms with Gasteiger partial charge in [-0.25, -0.2) is 0 Å². The Morgan fingerprint density at radius 3 is 2.33 bits per heavy atom. The Morgan fingerprint density at radius 2 is 1.70 bits per heavy atom. The van der Waals surface area contributed by atoms with E-state index in [-0.39, 0.29) is 0 Å². The summed E-state index contributed by atoms with van der Waals surface area (Å²) in [6.45, 7) is 13.8. The maximum Gasteiger partial charge on any atom is 0.0292 e. The van der Waals surface area contributed by atoms with Crippen molar-refractivity contribution in [3.63, 3.8) is 0 Å². The number of hydrogen-bond acceptors (Lipinski definition) is 1. The smallest absolute Gasteiger partial charge is 0.0292 e. The van der Waals surface area contributed by atoms with Crippen LogP contribution < -0.4 is 0 Å². The summed E-state index contributed by atoms with van der Waals surface area (Å²) in [7, 11) is 0. The predicted octanol–water partition coefficient (Wildman–Crippen LogP) is 8.87. The van der Waals surface area contributed by atoms with Crippen LogP contribution in [0.25, 0.3) is 0 Å². The molecule has 0 aromatic heterocycles. The molecule has 0 aromatic carbocycles. The lowest BCUT2D eigenvalue weighted by molar-refractivity contribution is 0.487. The minimum Gasteiger partial charge on any atom is -0.171 e. The van der Waals surface area contributed by atoms with Crippen molar-refractivity contribution in [1.82, 2.24) is 0 Å². The third-order valence-corrected chi connectivity index (χ3v) is 6.91. The van der Waals surface area contributed by atoms with Gasteiger partial charge in [-0.05, 0) is 84.0 Å². The first-order valence-corrected chi connectivity index (χ1v) is 11.7. The summed E-state index contributed by atoms with van der Waals surface area (Å²) in [5, 5.41) is 0.416. The van der Waals surface area contributed by atoms with Gasteiger partial charge in [-0.1, -0.05) is 73.8 Å². The molecule has 3 unspecified atom stereocenters. The van der Waals surface area contributed by atoms with Crippen LogP contribution in [0.2, 0.25) is 0 Å². The van der Waals surface area contributed by atoms with Gasteiger partial charge in [0.15, 0.2) is 0 Å². The zero-order chi connectivity index (χ0) is 20.2. The Kier molecular flexibility index (Phi) is 12.2. The normalized spacial score (nSPS) is 22.5. The molecular formula is C26H44S. The minimum atomic E-state index is 0.416. The van der Waals surface area contributed by atoms with E-state index in [9.17, 15) is 0 Å². The molecule has 1 rings (SSSR count). The average molecular weight is 389 g/mol. The Labute approximate surface area is 175 Å². The fourth-order valence-corrected chi connectivity index (χ4v) is 4.15. The van der Waals surface area contributed by atoms with Gasteiger partial charge in [-0.15, -0.1) is 0 Å². The lowest BCUT2D eigenvalue weighted by Gasteiger charge is -2.27. The second-order valence-corrected chi connectivity index (χ2v) is 9.41. The molecule has 0 aliphatic heterocycles. The zero-order valence-corrected chi connectivity index (χ0v) is 19.7. The molecule has 0 aromatic rings. The van der Waals surface area contributed by atoms with Crippen molar-refractivity contribution in [1.29, 1.82) is 0 Å². The molecule has 0 nitrogen and oxygen atoms in total. The van der Waals surface area contributed by atoms with Crippen LogP contribution in [0.5, 0.6) is 0 Å². The van der Waals surface area contributed by atoms with Crippen LogP contribution in [-0.4, -0.2) is 5.25 Å². The number of allylic oxidation sites excluding steroid dienone is 7. The van der Waals surface area contributed by atoms with Gasteiger partial charge in [0.2, 0.25) is 0 Å². The molecule has 1 aliphatic carbocycles. The molecule has 0 heterocycles. The maximum absolute atomic E-state index is 4.85. The molecule has 0 spiro atoms. The van der Waals surface area contributed by atoms with E-state index < -0.39 is 0 Å². The average Bonchev–Trinajstić information content (AvgIpc) is 2.64. The first-order valence-electron chi connectivity index (χ1n) is 11.2. The Hall–Kier alpha value is -0.690. The van der Waals surface area contributed by atoms with Gasteiger partial charge in [-0.2, -0.15) is 12.6 Å². The summed E-state index contributed by atoms with van der Waals surface area (Å²) >= 11 is 4.85. The van der Waals surface area contributed by atoms with Gasteiger partial charge in [-0.3, -0.25) is 0 Å². The summed E-state index contributed by atoms with van der Waals surface area (Å²) in [5.41, 5.74) is 6.13. The fourth-order valence-electron chi connectivity index (χ4n) is 3.70. The van der Waals surface area contributed by atoms with Crippen molar-refractivity contribution in [2.45, 2.75) is 105 Å². The summed E-state index contributed by atoms with van der Waals surface area (Å²) in [5.74, 6) is 1.37. The minimum absolute atomic E-state index is 0.416. The van der Waals surface area contributed by atoms with E-state index in [1.54, 1.807) is 11.1 Å². The predicted molar refractivity (Wildman–Crippen MR) is 128 cm³/mol. The SMILES string of the molecule is CCC/C=C(\C)CCC/C(C)=C/CCC(C)CCC1=CC=C(C)C(C)C1S. The highest BCUT2D eigenvalue weighted by Gasteiger charge is 2.21. The topological polar surface area (TPSA) is 0 Å². The molecule has 0 bridgehead atoms. The standard InChI is InChI=1S/C26H44S/c1-7-8-11-20(2)12-9-13-21(3)14-10-15-22(4)16-18-25-19-17-23(5)24(6)26(25)27/h11,14,17,19,22,24,26-27H,7-10,12-13,15-16,18H2,1-6H3/b20-11+,21-14+. The molecule has 0 saturated heterocycles. The summed E-state index contributed by atoms with van der Waals surface area (Å²) in [4.78, 5) is 0. The summed E-state index contributed by atoms with van der Waals surface area (Å²) < 4.78 is 0. The van der Waals surface area contributed by atoms with Gasteiger partial charge < -0.3 is 0 Å². The summed E-state index contributed by atoms with van der Waals surface area (Å²) in [6, 6.07) is 0. The molecule has 0 radical (unpaired) electrons. The Morgan fingerprint density at radius 1 is 1.07 bits per heavy atom. The van der Waals surface area contributed by atoms with Crippen molar-refractivity contribution in [2.75, 3.05) is 0 Å². The van der Waals surface area contributed by atoms with Gasteiger partial charge >= 0.3 is 0 Å². The van der Waals surface area contributed by atoms with E-state index in [0.29, 0.717) is 11.2 Å². The van der Waals surface area contributed by atoms with Crippen molar-refractivity contribution in [3.8, 4) is 0 Å². The van der Waals surface area contributed by atoms with Gasteiger partial charge in [0.05, 0.1) is 0 Å². The highest BCUT2D eigenvalue weighted by Crippen LogP contribution is 2.32. The zero-order valence-electron chi connectivity index (χ0n) is 18.9. The van der Waals surface area contributed by atoms with E-state index in [1.165, 1.54) is 68.9 Å². The van der Waals surface area contributed by atoms with E-state index >= 15 is 0 Å². The van der Waals surface area contributed by atoms with Crippen LogP contribution in [0.3, 0.4) is 0 Å². The lowest BCUT2D eigenvalue weighted by Crippen LogP contribution is -2.19. The quantitative estimate of drug-likeness (QED) is 0.250. The van der Waals surface area contributed by atoms with Gasteiger partial charge in [0, 0.05) is 5.25 Å².